The molecule has 1 aromatic carbocycles. The second-order valence-electron chi connectivity index (χ2n) is 7.34. The van der Waals surface area contributed by atoms with Gasteiger partial charge in [0.25, 0.3) is 0 Å². The molecule has 0 saturated heterocycles. The van der Waals surface area contributed by atoms with E-state index in [0.29, 0.717) is 17.1 Å². The zero-order valence-corrected chi connectivity index (χ0v) is 17.4. The third-order valence-corrected chi connectivity index (χ3v) is 7.39. The molecule has 28 heavy (non-hydrogen) atoms. The molecule has 1 saturated carbocycles. The molecule has 7 nitrogen and oxygen atoms in total. The molecular weight excluding hydrogens is 378 g/mol. The second kappa shape index (κ2) is 8.45. The molecule has 1 aliphatic rings. The third-order valence-electron chi connectivity index (χ3n) is 5.43. The van der Waals surface area contributed by atoms with Crippen molar-refractivity contribution in [3.63, 3.8) is 0 Å². The average molecular weight is 406 g/mol. The van der Waals surface area contributed by atoms with Crippen LogP contribution in [0.15, 0.2) is 33.7 Å². The van der Waals surface area contributed by atoms with Crippen LogP contribution in [0.25, 0.3) is 0 Å². The summed E-state index contributed by atoms with van der Waals surface area (Å²) in [6.45, 7) is 3.52. The molecule has 0 bridgehead atoms. The van der Waals surface area contributed by atoms with Crippen molar-refractivity contribution in [2.24, 2.45) is 0 Å². The largest absolute Gasteiger partial charge is 0.361 e. The van der Waals surface area contributed by atoms with E-state index >= 15 is 0 Å². The molecule has 0 unspecified atom stereocenters. The first-order valence-corrected chi connectivity index (χ1v) is 11.0. The van der Waals surface area contributed by atoms with Crippen LogP contribution in [0.1, 0.15) is 49.1 Å². The molecule has 1 fully saturated rings. The van der Waals surface area contributed by atoms with Crippen molar-refractivity contribution < 1.29 is 17.7 Å². The first-order chi connectivity index (χ1) is 13.3. The van der Waals surface area contributed by atoms with E-state index in [9.17, 15) is 13.2 Å². The molecule has 1 aromatic heterocycles. The normalized spacial score (nSPS) is 15.7. The highest BCUT2D eigenvalue weighted by molar-refractivity contribution is 7.89. The van der Waals surface area contributed by atoms with Gasteiger partial charge in [-0.2, -0.15) is 4.31 Å². The number of sulfonamides is 1. The quantitative estimate of drug-likeness (QED) is 0.795. The molecule has 1 amide bonds. The molecule has 0 aliphatic heterocycles. The van der Waals surface area contributed by atoms with Crippen LogP contribution in [-0.2, 0) is 21.2 Å². The molecule has 3 rings (SSSR count). The van der Waals surface area contributed by atoms with Gasteiger partial charge in [0.1, 0.15) is 10.7 Å². The number of para-hydroxylation sites is 1. The highest BCUT2D eigenvalue weighted by atomic mass is 32.2. The Bertz CT molecular complexity index is 927. The Kier molecular flexibility index (Phi) is 6.20. The fourth-order valence-corrected chi connectivity index (χ4v) is 5.26. The molecule has 1 aliphatic carbocycles. The number of aromatic nitrogens is 1. The zero-order valence-electron chi connectivity index (χ0n) is 16.6. The van der Waals surface area contributed by atoms with Crippen LogP contribution in [0.2, 0.25) is 0 Å². The molecule has 0 spiro atoms. The number of benzene rings is 1. The Morgan fingerprint density at radius 3 is 2.54 bits per heavy atom. The van der Waals surface area contributed by atoms with E-state index in [4.69, 9.17) is 4.52 Å². The Morgan fingerprint density at radius 1 is 1.21 bits per heavy atom. The summed E-state index contributed by atoms with van der Waals surface area (Å²) in [6, 6.07) is 6.55. The van der Waals surface area contributed by atoms with E-state index in [1.165, 1.54) is 4.31 Å². The third kappa shape index (κ3) is 4.28. The second-order valence-corrected chi connectivity index (χ2v) is 9.30. The maximum Gasteiger partial charge on any atom is 0.245 e. The number of anilines is 1. The van der Waals surface area contributed by atoms with Crippen LogP contribution in [0, 0.1) is 13.8 Å². The lowest BCUT2D eigenvalue weighted by Gasteiger charge is -2.30. The number of hydrogen-bond acceptors (Lipinski definition) is 5. The van der Waals surface area contributed by atoms with Crippen molar-refractivity contribution in [2.75, 3.05) is 12.4 Å². The molecule has 152 valence electrons. The fourth-order valence-electron chi connectivity index (χ4n) is 3.70. The Balaban J connectivity index is 1.81. The van der Waals surface area contributed by atoms with Crippen molar-refractivity contribution in [1.82, 2.24) is 9.46 Å². The van der Waals surface area contributed by atoms with E-state index in [0.717, 1.165) is 37.7 Å². The van der Waals surface area contributed by atoms with E-state index in [1.54, 1.807) is 45.2 Å². The van der Waals surface area contributed by atoms with Crippen molar-refractivity contribution in [3.8, 4) is 0 Å². The van der Waals surface area contributed by atoms with Gasteiger partial charge in [-0.15, -0.1) is 0 Å². The first-order valence-electron chi connectivity index (χ1n) is 9.59. The van der Waals surface area contributed by atoms with Gasteiger partial charge < -0.3 is 9.84 Å². The Morgan fingerprint density at radius 2 is 1.89 bits per heavy atom. The highest BCUT2D eigenvalue weighted by Gasteiger charge is 2.31. The van der Waals surface area contributed by atoms with Gasteiger partial charge in [0.15, 0.2) is 0 Å². The van der Waals surface area contributed by atoms with Gasteiger partial charge in [-0.05, 0) is 38.8 Å². The monoisotopic (exact) mass is 405 g/mol. The van der Waals surface area contributed by atoms with E-state index in [-0.39, 0.29) is 23.3 Å². The van der Waals surface area contributed by atoms with Crippen molar-refractivity contribution in [2.45, 2.75) is 63.3 Å². The Hall–Kier alpha value is -2.19. The van der Waals surface area contributed by atoms with Crippen LogP contribution < -0.4 is 5.32 Å². The number of carbonyl (C=O) groups excluding carboxylic acids is 1. The SMILES string of the molecule is Cc1noc(C)c1CC(=O)Nc1ccccc1S(=O)(=O)N(C)C1CCCCC1. The lowest BCUT2D eigenvalue weighted by Crippen LogP contribution is -2.38. The predicted octanol–water partition coefficient (Wildman–Crippen LogP) is 3.43. The number of amides is 1. The minimum atomic E-state index is -3.71. The summed E-state index contributed by atoms with van der Waals surface area (Å²) < 4.78 is 33.0. The zero-order chi connectivity index (χ0) is 20.3. The molecule has 2 aromatic rings. The number of aryl methyl sites for hydroxylation is 2. The van der Waals surface area contributed by atoms with Crippen LogP contribution in [0.4, 0.5) is 5.69 Å². The summed E-state index contributed by atoms with van der Waals surface area (Å²) in [6.07, 6.45) is 5.06. The smallest absolute Gasteiger partial charge is 0.245 e. The average Bonchev–Trinajstić information content (AvgIpc) is 3.00. The molecule has 1 N–H and O–H groups in total. The van der Waals surface area contributed by atoms with Crippen LogP contribution in [-0.4, -0.2) is 36.9 Å². The van der Waals surface area contributed by atoms with E-state index in [1.807, 2.05) is 0 Å². The van der Waals surface area contributed by atoms with Gasteiger partial charge in [-0.1, -0.05) is 36.6 Å². The summed E-state index contributed by atoms with van der Waals surface area (Å²) >= 11 is 0. The van der Waals surface area contributed by atoms with Gasteiger partial charge in [0.05, 0.1) is 17.8 Å². The number of carbonyl (C=O) groups is 1. The first kappa shape index (κ1) is 20.5. The lowest BCUT2D eigenvalue weighted by molar-refractivity contribution is -0.115. The molecule has 8 heteroatoms. The summed E-state index contributed by atoms with van der Waals surface area (Å²) in [5.74, 6) is 0.281. The number of nitrogens with zero attached hydrogens (tertiary/aromatic N) is 2. The maximum atomic E-state index is 13.2. The number of nitrogens with one attached hydrogen (secondary N) is 1. The minimum Gasteiger partial charge on any atom is -0.361 e. The van der Waals surface area contributed by atoms with Crippen molar-refractivity contribution in [3.05, 3.63) is 41.3 Å². The standard InChI is InChI=1S/C20H27N3O4S/c1-14-17(15(2)27-22-14)13-20(24)21-18-11-7-8-12-19(18)28(25,26)23(3)16-9-5-4-6-10-16/h7-8,11-12,16H,4-6,9-10,13H2,1-3H3,(H,21,24). The summed E-state index contributed by atoms with van der Waals surface area (Å²) in [7, 11) is -2.07. The topological polar surface area (TPSA) is 92.5 Å². The summed E-state index contributed by atoms with van der Waals surface area (Å²) in [4.78, 5) is 12.7. The fraction of sp³-hybridized carbons (Fsp3) is 0.500. The van der Waals surface area contributed by atoms with Gasteiger partial charge >= 0.3 is 0 Å². The molecule has 0 atom stereocenters. The van der Waals surface area contributed by atoms with Gasteiger partial charge in [-0.3, -0.25) is 4.79 Å². The summed E-state index contributed by atoms with van der Waals surface area (Å²) in [5, 5.41) is 6.60. The van der Waals surface area contributed by atoms with Crippen molar-refractivity contribution in [1.29, 1.82) is 0 Å². The van der Waals surface area contributed by atoms with Gasteiger partial charge in [0, 0.05) is 18.7 Å². The maximum absolute atomic E-state index is 13.2. The lowest BCUT2D eigenvalue weighted by atomic mass is 9.96. The van der Waals surface area contributed by atoms with Crippen molar-refractivity contribution >= 4 is 21.6 Å². The van der Waals surface area contributed by atoms with Crippen LogP contribution >= 0.6 is 0 Å². The predicted molar refractivity (Wildman–Crippen MR) is 107 cm³/mol. The number of rotatable bonds is 6. The van der Waals surface area contributed by atoms with Crippen LogP contribution in [0.5, 0.6) is 0 Å². The summed E-state index contributed by atoms with van der Waals surface area (Å²) in [5.41, 5.74) is 1.67. The van der Waals surface area contributed by atoms with E-state index in [2.05, 4.69) is 10.5 Å². The minimum absolute atomic E-state index is 0.00446. The van der Waals surface area contributed by atoms with E-state index < -0.39 is 10.0 Å². The van der Waals surface area contributed by atoms with Gasteiger partial charge in [0.2, 0.25) is 15.9 Å². The molecule has 1 heterocycles. The Labute approximate surface area is 166 Å². The molecule has 0 radical (unpaired) electrons. The highest BCUT2D eigenvalue weighted by Crippen LogP contribution is 2.30. The van der Waals surface area contributed by atoms with Gasteiger partial charge in [-0.25, -0.2) is 8.42 Å². The molecular formula is C20H27N3O4S. The van der Waals surface area contributed by atoms with Crippen LogP contribution in [0.3, 0.4) is 0 Å². The number of hydrogen-bond donors (Lipinski definition) is 1.